The van der Waals surface area contributed by atoms with Gasteiger partial charge in [0.25, 0.3) is 0 Å². The molecule has 0 radical (unpaired) electrons. The van der Waals surface area contributed by atoms with Gasteiger partial charge in [-0.25, -0.2) is 15.2 Å². The van der Waals surface area contributed by atoms with Gasteiger partial charge in [0.2, 0.25) is 11.8 Å². The van der Waals surface area contributed by atoms with E-state index in [4.69, 9.17) is 0 Å². The Hall–Kier alpha value is -4.50. The van der Waals surface area contributed by atoms with E-state index in [1.807, 2.05) is 72.8 Å². The van der Waals surface area contributed by atoms with Gasteiger partial charge in [0.1, 0.15) is 12.7 Å². The molecule has 2 aliphatic heterocycles. The molecule has 186 valence electrons. The number of pyridine rings is 1. The van der Waals surface area contributed by atoms with Gasteiger partial charge < -0.3 is 15.1 Å². The van der Waals surface area contributed by atoms with E-state index in [1.165, 1.54) is 9.91 Å². The van der Waals surface area contributed by atoms with Crippen LogP contribution in [0.15, 0.2) is 79.0 Å². The van der Waals surface area contributed by atoms with Crippen LogP contribution in [0.4, 0.5) is 4.79 Å². The van der Waals surface area contributed by atoms with Gasteiger partial charge in [-0.1, -0.05) is 66.7 Å². The highest BCUT2D eigenvalue weighted by Crippen LogP contribution is 2.23. The smallest absolute Gasteiger partial charge is 0.333 e. The van der Waals surface area contributed by atoms with Gasteiger partial charge in [-0.15, -0.1) is 0 Å². The van der Waals surface area contributed by atoms with Crippen LogP contribution >= 0.6 is 0 Å². The number of nitrogens with one attached hydrogen (secondary N) is 2. The summed E-state index contributed by atoms with van der Waals surface area (Å²) in [5.41, 5.74) is 5.70. The minimum atomic E-state index is -0.616. The lowest BCUT2D eigenvalue weighted by molar-refractivity contribution is -0.161. The zero-order chi connectivity index (χ0) is 25.4. The Labute approximate surface area is 213 Å². The van der Waals surface area contributed by atoms with E-state index in [1.54, 1.807) is 11.1 Å². The fourth-order valence-corrected chi connectivity index (χ4v) is 5.15. The number of rotatable bonds is 4. The molecule has 2 N–H and O–H groups in total. The summed E-state index contributed by atoms with van der Waals surface area (Å²) in [4.78, 5) is 46.6. The first-order valence-electron chi connectivity index (χ1n) is 12.3. The summed E-state index contributed by atoms with van der Waals surface area (Å²) < 4.78 is 0. The van der Waals surface area contributed by atoms with Crippen LogP contribution in [-0.4, -0.2) is 63.4 Å². The van der Waals surface area contributed by atoms with Crippen molar-refractivity contribution in [2.75, 3.05) is 19.6 Å². The predicted molar refractivity (Wildman–Crippen MR) is 139 cm³/mol. The maximum atomic E-state index is 13.3. The van der Waals surface area contributed by atoms with E-state index < -0.39 is 6.17 Å². The van der Waals surface area contributed by atoms with Gasteiger partial charge in [-0.05, 0) is 28.0 Å². The van der Waals surface area contributed by atoms with Gasteiger partial charge in [0, 0.05) is 24.7 Å². The average Bonchev–Trinajstić information content (AvgIpc) is 2.93. The molecule has 6 rings (SSSR count). The second-order valence-corrected chi connectivity index (χ2v) is 9.27. The molecule has 3 heterocycles. The number of fused-ring (bicyclic) bond motifs is 3. The number of aromatic nitrogens is 1. The van der Waals surface area contributed by atoms with E-state index in [0.29, 0.717) is 13.1 Å². The van der Waals surface area contributed by atoms with Crippen LogP contribution in [0.3, 0.4) is 0 Å². The van der Waals surface area contributed by atoms with Crippen molar-refractivity contribution in [2.24, 2.45) is 0 Å². The first-order chi connectivity index (χ1) is 18.1. The molecule has 0 aliphatic carbocycles. The Morgan fingerprint density at radius 3 is 2.57 bits per heavy atom. The van der Waals surface area contributed by atoms with Gasteiger partial charge in [0.05, 0.1) is 18.6 Å². The quantitative estimate of drug-likeness (QED) is 0.455. The number of carbonyl (C=O) groups excluding carboxylic acids is 3. The Morgan fingerprint density at radius 2 is 1.68 bits per heavy atom. The molecule has 37 heavy (non-hydrogen) atoms. The van der Waals surface area contributed by atoms with Crippen molar-refractivity contribution in [1.82, 2.24) is 30.5 Å². The molecule has 3 aromatic carbocycles. The van der Waals surface area contributed by atoms with Crippen LogP contribution in [0.25, 0.3) is 21.7 Å². The van der Waals surface area contributed by atoms with Crippen molar-refractivity contribution >= 4 is 39.5 Å². The van der Waals surface area contributed by atoms with Crippen molar-refractivity contribution in [1.29, 1.82) is 0 Å². The second kappa shape index (κ2) is 9.51. The number of para-hydroxylation sites is 1. The molecule has 4 aromatic rings. The number of benzene rings is 3. The molecular formula is C28H26N6O3. The zero-order valence-corrected chi connectivity index (χ0v) is 20.1. The molecule has 2 aliphatic rings. The molecule has 0 bridgehead atoms. The van der Waals surface area contributed by atoms with Crippen LogP contribution in [0.5, 0.6) is 0 Å². The van der Waals surface area contributed by atoms with E-state index in [-0.39, 0.29) is 37.5 Å². The summed E-state index contributed by atoms with van der Waals surface area (Å²) in [6.45, 7) is 0.762. The molecule has 2 fully saturated rings. The van der Waals surface area contributed by atoms with E-state index in [9.17, 15) is 14.4 Å². The van der Waals surface area contributed by atoms with Crippen molar-refractivity contribution < 1.29 is 14.4 Å². The standard InChI is InChI=1S/C28H26N6O3/c35-25-15-31-34(28(37)30-14-21-9-3-7-19-6-1-2-12-23(19)21)24-17-32(26(36)18-33(24)25)16-22-10-4-8-20-11-5-13-29-27(20)22/h1-13,24,31H,14-18H2,(H,30,37). The topological polar surface area (TPSA) is 97.9 Å². The molecule has 1 atom stereocenters. The molecule has 1 unspecified atom stereocenters. The van der Waals surface area contributed by atoms with Crippen molar-refractivity contribution in [2.45, 2.75) is 19.3 Å². The van der Waals surface area contributed by atoms with Gasteiger partial charge in [0.15, 0.2) is 0 Å². The van der Waals surface area contributed by atoms with Gasteiger partial charge >= 0.3 is 6.03 Å². The molecule has 1 aromatic heterocycles. The molecule has 0 spiro atoms. The molecule has 0 saturated carbocycles. The predicted octanol–water partition coefficient (Wildman–Crippen LogP) is 2.61. The zero-order valence-electron chi connectivity index (χ0n) is 20.1. The Kier molecular flexibility index (Phi) is 5.90. The van der Waals surface area contributed by atoms with Crippen LogP contribution in [0.1, 0.15) is 11.1 Å². The lowest BCUT2D eigenvalue weighted by Gasteiger charge is -2.48. The summed E-state index contributed by atoms with van der Waals surface area (Å²) in [7, 11) is 0. The summed E-state index contributed by atoms with van der Waals surface area (Å²) in [5, 5.41) is 7.59. The van der Waals surface area contributed by atoms with E-state index in [0.717, 1.165) is 32.8 Å². The maximum absolute atomic E-state index is 13.3. The molecule has 9 heteroatoms. The third-order valence-corrected chi connectivity index (χ3v) is 7.03. The van der Waals surface area contributed by atoms with Gasteiger partial charge in [-0.3, -0.25) is 14.6 Å². The third-order valence-electron chi connectivity index (χ3n) is 7.03. The number of hydrogen-bond acceptors (Lipinski definition) is 5. The Morgan fingerprint density at radius 1 is 0.919 bits per heavy atom. The van der Waals surface area contributed by atoms with Gasteiger partial charge in [-0.2, -0.15) is 0 Å². The number of hydrazine groups is 1. The highest BCUT2D eigenvalue weighted by molar-refractivity contribution is 5.90. The van der Waals surface area contributed by atoms with Crippen molar-refractivity contribution in [3.8, 4) is 0 Å². The number of urea groups is 1. The van der Waals surface area contributed by atoms with Crippen molar-refractivity contribution in [3.63, 3.8) is 0 Å². The summed E-state index contributed by atoms with van der Waals surface area (Å²) in [6, 6.07) is 23.4. The first kappa shape index (κ1) is 22.9. The molecule has 2 saturated heterocycles. The van der Waals surface area contributed by atoms with Crippen LogP contribution in [0.2, 0.25) is 0 Å². The average molecular weight is 495 g/mol. The van der Waals surface area contributed by atoms with Crippen molar-refractivity contribution in [3.05, 3.63) is 90.1 Å². The van der Waals surface area contributed by atoms with Crippen LogP contribution in [-0.2, 0) is 22.7 Å². The lowest BCUT2D eigenvalue weighted by atomic mass is 10.0. The van der Waals surface area contributed by atoms with E-state index >= 15 is 0 Å². The minimum absolute atomic E-state index is 0.0429. The number of piperazine rings is 1. The monoisotopic (exact) mass is 494 g/mol. The first-order valence-corrected chi connectivity index (χ1v) is 12.3. The number of carbonyl (C=O) groups is 3. The SMILES string of the molecule is O=C1CN2C(=O)CNN(C(=O)NCc3cccc4ccccc34)C2CN1Cc1cccc2cccnc12. The van der Waals surface area contributed by atoms with E-state index in [2.05, 4.69) is 15.7 Å². The Bertz CT molecular complexity index is 1510. The van der Waals surface area contributed by atoms with Crippen LogP contribution in [0, 0.1) is 0 Å². The fourth-order valence-electron chi connectivity index (χ4n) is 5.15. The fraction of sp³-hybridized carbons (Fsp3) is 0.214. The second-order valence-electron chi connectivity index (χ2n) is 9.27. The number of amides is 4. The largest absolute Gasteiger partial charge is 0.334 e. The molecular weight excluding hydrogens is 468 g/mol. The third kappa shape index (κ3) is 4.34. The normalized spacial score (nSPS) is 17.8. The highest BCUT2D eigenvalue weighted by atomic mass is 16.2. The summed E-state index contributed by atoms with van der Waals surface area (Å²) in [6.07, 6.45) is 1.12. The number of hydrogen-bond donors (Lipinski definition) is 2. The summed E-state index contributed by atoms with van der Waals surface area (Å²) in [5.74, 6) is -0.363. The molecule has 4 amide bonds. The van der Waals surface area contributed by atoms with Crippen LogP contribution < -0.4 is 10.7 Å². The summed E-state index contributed by atoms with van der Waals surface area (Å²) >= 11 is 0. The maximum Gasteiger partial charge on any atom is 0.334 e. The lowest BCUT2D eigenvalue weighted by Crippen LogP contribution is -2.73. The number of nitrogens with zero attached hydrogens (tertiary/aromatic N) is 4. The molecule has 9 nitrogen and oxygen atoms in total. The Balaban J connectivity index is 1.21. The highest BCUT2D eigenvalue weighted by Gasteiger charge is 2.43. The minimum Gasteiger partial charge on any atom is -0.333 e.